The Morgan fingerprint density at radius 3 is 2.78 bits per heavy atom. The second-order valence-corrected chi connectivity index (χ2v) is 4.49. The monoisotopic (exact) mass is 270 g/mol. The second kappa shape index (κ2) is 6.96. The van der Waals surface area contributed by atoms with E-state index in [0.29, 0.717) is 6.54 Å². The normalized spacial score (nSPS) is 11.9. The average molecular weight is 271 g/mol. The molecule has 18 heavy (non-hydrogen) atoms. The van der Waals surface area contributed by atoms with Crippen LogP contribution in [0.25, 0.3) is 0 Å². The van der Waals surface area contributed by atoms with E-state index in [1.165, 1.54) is 18.2 Å². The highest BCUT2D eigenvalue weighted by molar-refractivity contribution is 6.21. The molecule has 98 valence electrons. The molecular weight excluding hydrogens is 256 g/mol. The number of amides is 1. The molecule has 1 rings (SSSR count). The highest BCUT2D eigenvalue weighted by Crippen LogP contribution is 2.17. The summed E-state index contributed by atoms with van der Waals surface area (Å²) >= 11 is 5.97. The number of nitrogens with one attached hydrogen (secondary N) is 1. The van der Waals surface area contributed by atoms with Crippen LogP contribution in [-0.4, -0.2) is 22.8 Å². The molecule has 0 saturated heterocycles. The van der Waals surface area contributed by atoms with Gasteiger partial charge >= 0.3 is 0 Å². The van der Waals surface area contributed by atoms with Crippen molar-refractivity contribution in [2.75, 3.05) is 6.54 Å². The third kappa shape index (κ3) is 4.00. The van der Waals surface area contributed by atoms with E-state index in [-0.39, 0.29) is 16.6 Å². The minimum absolute atomic E-state index is 0.0582. The SMILES string of the molecule is CCCC(Cl)CNC(=O)c1ccccc1[N+](=O)[O-]. The van der Waals surface area contributed by atoms with Crippen LogP contribution >= 0.6 is 11.6 Å². The first-order valence-corrected chi connectivity index (χ1v) is 6.15. The lowest BCUT2D eigenvalue weighted by Crippen LogP contribution is -2.30. The Balaban J connectivity index is 2.70. The third-order valence-corrected chi connectivity index (χ3v) is 2.80. The molecule has 0 aromatic heterocycles. The Kier molecular flexibility index (Phi) is 5.58. The van der Waals surface area contributed by atoms with Crippen LogP contribution in [0.15, 0.2) is 24.3 Å². The van der Waals surface area contributed by atoms with E-state index in [9.17, 15) is 14.9 Å². The van der Waals surface area contributed by atoms with Gasteiger partial charge in [-0.1, -0.05) is 25.5 Å². The van der Waals surface area contributed by atoms with E-state index in [0.717, 1.165) is 12.8 Å². The van der Waals surface area contributed by atoms with Crippen LogP contribution in [0.3, 0.4) is 0 Å². The zero-order valence-corrected chi connectivity index (χ0v) is 10.8. The summed E-state index contributed by atoms with van der Waals surface area (Å²) in [5, 5.41) is 13.2. The van der Waals surface area contributed by atoms with Gasteiger partial charge in [-0.05, 0) is 12.5 Å². The Hall–Kier alpha value is -1.62. The highest BCUT2D eigenvalue weighted by Gasteiger charge is 2.19. The number of nitro groups is 1. The fraction of sp³-hybridized carbons (Fsp3) is 0.417. The summed E-state index contributed by atoms with van der Waals surface area (Å²) in [7, 11) is 0. The van der Waals surface area contributed by atoms with Crippen LogP contribution in [0.5, 0.6) is 0 Å². The minimum Gasteiger partial charge on any atom is -0.350 e. The molecule has 5 nitrogen and oxygen atoms in total. The lowest BCUT2D eigenvalue weighted by Gasteiger charge is -2.09. The van der Waals surface area contributed by atoms with Crippen molar-refractivity contribution in [1.82, 2.24) is 5.32 Å². The van der Waals surface area contributed by atoms with Gasteiger partial charge in [-0.25, -0.2) is 0 Å². The number of carbonyl (C=O) groups is 1. The van der Waals surface area contributed by atoms with Crippen molar-refractivity contribution in [3.05, 3.63) is 39.9 Å². The van der Waals surface area contributed by atoms with E-state index < -0.39 is 10.8 Å². The molecule has 1 N–H and O–H groups in total. The summed E-state index contributed by atoms with van der Waals surface area (Å²) in [5.41, 5.74) is -0.139. The number of benzene rings is 1. The average Bonchev–Trinajstić information content (AvgIpc) is 2.36. The first kappa shape index (κ1) is 14.4. The summed E-state index contributed by atoms with van der Waals surface area (Å²) in [4.78, 5) is 22.0. The van der Waals surface area contributed by atoms with Crippen LogP contribution in [0, 0.1) is 10.1 Å². The molecule has 0 bridgehead atoms. The number of nitrogens with zero attached hydrogens (tertiary/aromatic N) is 1. The molecule has 6 heteroatoms. The molecule has 1 atom stereocenters. The molecule has 0 saturated carbocycles. The highest BCUT2D eigenvalue weighted by atomic mass is 35.5. The van der Waals surface area contributed by atoms with Gasteiger partial charge in [-0.15, -0.1) is 11.6 Å². The van der Waals surface area contributed by atoms with Gasteiger partial charge in [0.15, 0.2) is 0 Å². The molecule has 0 aliphatic heterocycles. The number of para-hydroxylation sites is 1. The van der Waals surface area contributed by atoms with E-state index in [1.807, 2.05) is 6.92 Å². The van der Waals surface area contributed by atoms with Crippen LogP contribution in [0.2, 0.25) is 0 Å². The maximum absolute atomic E-state index is 11.8. The van der Waals surface area contributed by atoms with Crippen LogP contribution in [-0.2, 0) is 0 Å². The molecule has 0 aliphatic carbocycles. The number of halogens is 1. The molecule has 1 aromatic carbocycles. The molecule has 0 fully saturated rings. The minimum atomic E-state index is -0.570. The van der Waals surface area contributed by atoms with Crippen molar-refractivity contribution in [1.29, 1.82) is 0 Å². The largest absolute Gasteiger partial charge is 0.350 e. The van der Waals surface area contributed by atoms with E-state index >= 15 is 0 Å². The summed E-state index contributed by atoms with van der Waals surface area (Å²) in [6.07, 6.45) is 1.72. The quantitative estimate of drug-likeness (QED) is 0.491. The van der Waals surface area contributed by atoms with Crippen molar-refractivity contribution in [2.24, 2.45) is 0 Å². The topological polar surface area (TPSA) is 72.2 Å². The van der Waals surface area contributed by atoms with Gasteiger partial charge in [-0.2, -0.15) is 0 Å². The Bertz CT molecular complexity index is 437. The lowest BCUT2D eigenvalue weighted by molar-refractivity contribution is -0.385. The summed E-state index contributed by atoms with van der Waals surface area (Å²) in [6, 6.07) is 5.85. The van der Waals surface area contributed by atoms with Gasteiger partial charge in [0.2, 0.25) is 0 Å². The van der Waals surface area contributed by atoms with E-state index in [4.69, 9.17) is 11.6 Å². The first-order valence-electron chi connectivity index (χ1n) is 5.72. The van der Waals surface area contributed by atoms with Gasteiger partial charge in [0.25, 0.3) is 11.6 Å². The summed E-state index contributed by atoms with van der Waals surface area (Å²) < 4.78 is 0. The fourth-order valence-electron chi connectivity index (χ4n) is 1.54. The third-order valence-electron chi connectivity index (χ3n) is 2.43. The molecule has 0 aliphatic rings. The van der Waals surface area contributed by atoms with Crippen LogP contribution < -0.4 is 5.32 Å². The van der Waals surface area contributed by atoms with Crippen LogP contribution in [0.1, 0.15) is 30.1 Å². The standard InChI is InChI=1S/C12H15ClN2O3/c1-2-5-9(13)8-14-12(16)10-6-3-4-7-11(10)15(17)18/h3-4,6-7,9H,2,5,8H2,1H3,(H,14,16). The Labute approximate surface area is 110 Å². The smallest absolute Gasteiger partial charge is 0.282 e. The van der Waals surface area contributed by atoms with Crippen molar-refractivity contribution >= 4 is 23.2 Å². The van der Waals surface area contributed by atoms with Crippen molar-refractivity contribution in [2.45, 2.75) is 25.1 Å². The predicted molar refractivity (Wildman–Crippen MR) is 70.0 cm³/mol. The van der Waals surface area contributed by atoms with Gasteiger partial charge in [0, 0.05) is 12.6 Å². The number of hydrogen-bond acceptors (Lipinski definition) is 3. The molecule has 1 aromatic rings. The van der Waals surface area contributed by atoms with Gasteiger partial charge in [-0.3, -0.25) is 14.9 Å². The fourth-order valence-corrected chi connectivity index (χ4v) is 1.83. The Morgan fingerprint density at radius 1 is 1.50 bits per heavy atom. The van der Waals surface area contributed by atoms with Gasteiger partial charge in [0.05, 0.1) is 10.3 Å². The maximum Gasteiger partial charge on any atom is 0.282 e. The van der Waals surface area contributed by atoms with Crippen LogP contribution in [0.4, 0.5) is 5.69 Å². The number of hydrogen-bond donors (Lipinski definition) is 1. The Morgan fingerprint density at radius 2 is 2.17 bits per heavy atom. The number of alkyl halides is 1. The zero-order chi connectivity index (χ0) is 13.5. The van der Waals surface area contributed by atoms with E-state index in [2.05, 4.69) is 5.32 Å². The van der Waals surface area contributed by atoms with Crippen molar-refractivity contribution < 1.29 is 9.72 Å². The van der Waals surface area contributed by atoms with Crippen molar-refractivity contribution in [3.63, 3.8) is 0 Å². The molecule has 1 unspecified atom stereocenters. The number of rotatable bonds is 6. The zero-order valence-electron chi connectivity index (χ0n) is 10.1. The molecular formula is C12H15ClN2O3. The van der Waals surface area contributed by atoms with Crippen molar-refractivity contribution in [3.8, 4) is 0 Å². The lowest BCUT2D eigenvalue weighted by atomic mass is 10.1. The first-order chi connectivity index (χ1) is 8.56. The predicted octanol–water partition coefficient (Wildman–Crippen LogP) is 2.73. The van der Waals surface area contributed by atoms with Gasteiger partial charge in [0.1, 0.15) is 5.56 Å². The molecule has 1 amide bonds. The maximum atomic E-state index is 11.8. The van der Waals surface area contributed by atoms with Gasteiger partial charge < -0.3 is 5.32 Å². The number of nitro benzene ring substituents is 1. The molecule has 0 heterocycles. The number of carbonyl (C=O) groups excluding carboxylic acids is 1. The second-order valence-electron chi connectivity index (χ2n) is 3.87. The molecule has 0 spiro atoms. The molecule has 0 radical (unpaired) electrons. The summed E-state index contributed by atoms with van der Waals surface area (Å²) in [6.45, 7) is 2.31. The summed E-state index contributed by atoms with van der Waals surface area (Å²) in [5.74, 6) is -0.468. The van der Waals surface area contributed by atoms with E-state index in [1.54, 1.807) is 6.07 Å².